The van der Waals surface area contributed by atoms with E-state index in [1.165, 1.54) is 6.07 Å². The quantitative estimate of drug-likeness (QED) is 0.781. The van der Waals surface area contributed by atoms with E-state index in [0.29, 0.717) is 0 Å². The van der Waals surface area contributed by atoms with E-state index in [0.717, 1.165) is 37.7 Å². The fraction of sp³-hybridized carbons (Fsp3) is 0.500. The maximum atomic E-state index is 12.8. The molecule has 0 bridgehead atoms. The third kappa shape index (κ3) is 2.55. The van der Waals surface area contributed by atoms with E-state index in [2.05, 4.69) is 0 Å². The second-order valence-electron chi connectivity index (χ2n) is 4.35. The molecule has 14 heavy (non-hydrogen) atoms. The van der Waals surface area contributed by atoms with Gasteiger partial charge in [0.2, 0.25) is 0 Å². The van der Waals surface area contributed by atoms with Crippen LogP contribution >= 0.6 is 0 Å². The van der Waals surface area contributed by atoms with Crippen LogP contribution < -0.4 is 5.73 Å². The number of rotatable bonds is 4. The van der Waals surface area contributed by atoms with E-state index in [1.54, 1.807) is 12.1 Å². The molecule has 0 amide bonds. The highest BCUT2D eigenvalue weighted by Crippen LogP contribution is 2.36. The van der Waals surface area contributed by atoms with Gasteiger partial charge in [0.05, 0.1) is 0 Å². The van der Waals surface area contributed by atoms with E-state index in [4.69, 9.17) is 5.73 Å². The molecule has 76 valence electrons. The summed E-state index contributed by atoms with van der Waals surface area (Å²) in [4.78, 5) is 0. The van der Waals surface area contributed by atoms with Crippen LogP contribution in [0.15, 0.2) is 24.3 Å². The molecule has 0 saturated heterocycles. The SMILES string of the molecule is NC1(CCCc2cccc(F)c2)CC1. The zero-order chi connectivity index (χ0) is 10.0. The first kappa shape index (κ1) is 9.66. The molecule has 1 aromatic rings. The minimum atomic E-state index is -0.142. The fourth-order valence-corrected chi connectivity index (χ4v) is 1.75. The number of halogens is 1. The van der Waals surface area contributed by atoms with Crippen LogP contribution in [0.4, 0.5) is 4.39 Å². The molecule has 0 atom stereocenters. The molecule has 1 aromatic carbocycles. The Morgan fingerprint density at radius 3 is 2.79 bits per heavy atom. The van der Waals surface area contributed by atoms with Gasteiger partial charge in [-0.05, 0) is 49.8 Å². The van der Waals surface area contributed by atoms with Gasteiger partial charge < -0.3 is 5.73 Å². The lowest BCUT2D eigenvalue weighted by molar-refractivity contribution is 0.573. The van der Waals surface area contributed by atoms with Crippen LogP contribution in [0.25, 0.3) is 0 Å². The average molecular weight is 193 g/mol. The third-order valence-corrected chi connectivity index (χ3v) is 2.92. The summed E-state index contributed by atoms with van der Waals surface area (Å²) in [6.07, 6.45) is 5.41. The van der Waals surface area contributed by atoms with Gasteiger partial charge in [-0.15, -0.1) is 0 Å². The van der Waals surface area contributed by atoms with Crippen molar-refractivity contribution in [3.63, 3.8) is 0 Å². The van der Waals surface area contributed by atoms with Crippen LogP contribution in [0.1, 0.15) is 31.2 Å². The van der Waals surface area contributed by atoms with Gasteiger partial charge in [-0.25, -0.2) is 4.39 Å². The highest BCUT2D eigenvalue weighted by Gasteiger charge is 2.36. The molecule has 0 unspecified atom stereocenters. The highest BCUT2D eigenvalue weighted by atomic mass is 19.1. The molecule has 1 fully saturated rings. The number of benzene rings is 1. The maximum absolute atomic E-state index is 12.8. The van der Waals surface area contributed by atoms with Crippen LogP contribution in [0, 0.1) is 5.82 Å². The van der Waals surface area contributed by atoms with Crippen molar-refractivity contribution in [2.45, 2.75) is 37.6 Å². The Morgan fingerprint density at radius 1 is 1.36 bits per heavy atom. The summed E-state index contributed by atoms with van der Waals surface area (Å²) in [6.45, 7) is 0. The molecule has 0 radical (unpaired) electrons. The summed E-state index contributed by atoms with van der Waals surface area (Å²) in [5.74, 6) is -0.142. The van der Waals surface area contributed by atoms with Crippen molar-refractivity contribution in [3.05, 3.63) is 35.6 Å². The predicted molar refractivity (Wildman–Crippen MR) is 55.5 cm³/mol. The summed E-state index contributed by atoms with van der Waals surface area (Å²) in [7, 11) is 0. The van der Waals surface area contributed by atoms with E-state index in [-0.39, 0.29) is 11.4 Å². The predicted octanol–water partition coefficient (Wildman–Crippen LogP) is 2.64. The summed E-state index contributed by atoms with van der Waals surface area (Å²) in [6, 6.07) is 6.82. The zero-order valence-corrected chi connectivity index (χ0v) is 8.30. The Kier molecular flexibility index (Phi) is 2.55. The molecule has 2 rings (SSSR count). The van der Waals surface area contributed by atoms with Crippen molar-refractivity contribution in [2.24, 2.45) is 5.73 Å². The second kappa shape index (κ2) is 3.70. The second-order valence-corrected chi connectivity index (χ2v) is 4.35. The van der Waals surface area contributed by atoms with Crippen LogP contribution in [0.5, 0.6) is 0 Å². The van der Waals surface area contributed by atoms with Crippen molar-refractivity contribution >= 4 is 0 Å². The van der Waals surface area contributed by atoms with Gasteiger partial charge >= 0.3 is 0 Å². The molecular weight excluding hydrogens is 177 g/mol. The van der Waals surface area contributed by atoms with Crippen LogP contribution in [-0.4, -0.2) is 5.54 Å². The molecular formula is C12H16FN. The summed E-state index contributed by atoms with van der Waals surface area (Å²) >= 11 is 0. The van der Waals surface area contributed by atoms with E-state index in [1.807, 2.05) is 6.07 Å². The van der Waals surface area contributed by atoms with Gasteiger partial charge in [0.25, 0.3) is 0 Å². The molecule has 1 aliphatic carbocycles. The van der Waals surface area contributed by atoms with Crippen LogP contribution in [-0.2, 0) is 6.42 Å². The largest absolute Gasteiger partial charge is 0.325 e. The monoisotopic (exact) mass is 193 g/mol. The molecule has 1 saturated carbocycles. The minimum absolute atomic E-state index is 0.132. The Bertz CT molecular complexity index is 318. The van der Waals surface area contributed by atoms with E-state index >= 15 is 0 Å². The topological polar surface area (TPSA) is 26.0 Å². The molecule has 1 aliphatic rings. The van der Waals surface area contributed by atoms with Crippen LogP contribution in [0.2, 0.25) is 0 Å². The molecule has 2 heteroatoms. The molecule has 0 spiro atoms. The Labute approximate surface area is 84.1 Å². The van der Waals surface area contributed by atoms with Crippen molar-refractivity contribution in [3.8, 4) is 0 Å². The normalized spacial score (nSPS) is 18.1. The number of nitrogens with two attached hydrogens (primary N) is 1. The molecule has 1 nitrogen and oxygen atoms in total. The third-order valence-electron chi connectivity index (χ3n) is 2.92. The Balaban J connectivity index is 1.80. The summed E-state index contributed by atoms with van der Waals surface area (Å²) in [5, 5.41) is 0. The van der Waals surface area contributed by atoms with E-state index in [9.17, 15) is 4.39 Å². The van der Waals surface area contributed by atoms with Gasteiger partial charge in [0, 0.05) is 5.54 Å². The lowest BCUT2D eigenvalue weighted by Crippen LogP contribution is -2.21. The average Bonchev–Trinajstić information content (AvgIpc) is 2.84. The summed E-state index contributed by atoms with van der Waals surface area (Å²) < 4.78 is 12.8. The molecule has 0 aliphatic heterocycles. The standard InChI is InChI=1S/C12H16FN/c13-11-5-1-3-10(9-11)4-2-6-12(14)7-8-12/h1,3,5,9H,2,4,6-8,14H2. The van der Waals surface area contributed by atoms with Crippen molar-refractivity contribution < 1.29 is 4.39 Å². The zero-order valence-electron chi connectivity index (χ0n) is 8.30. The Hall–Kier alpha value is -0.890. The van der Waals surface area contributed by atoms with Crippen LogP contribution in [0.3, 0.4) is 0 Å². The molecule has 0 aromatic heterocycles. The Morgan fingerprint density at radius 2 is 2.14 bits per heavy atom. The fourth-order valence-electron chi connectivity index (χ4n) is 1.75. The molecule has 2 N–H and O–H groups in total. The number of aryl methyl sites for hydroxylation is 1. The lowest BCUT2D eigenvalue weighted by Gasteiger charge is -2.07. The van der Waals surface area contributed by atoms with Gasteiger partial charge in [-0.1, -0.05) is 12.1 Å². The first-order valence-corrected chi connectivity index (χ1v) is 5.21. The van der Waals surface area contributed by atoms with Gasteiger partial charge in [-0.2, -0.15) is 0 Å². The van der Waals surface area contributed by atoms with E-state index < -0.39 is 0 Å². The minimum Gasteiger partial charge on any atom is -0.325 e. The summed E-state index contributed by atoms with van der Waals surface area (Å²) in [5.41, 5.74) is 7.18. The van der Waals surface area contributed by atoms with Gasteiger partial charge in [0.1, 0.15) is 5.82 Å². The first-order valence-electron chi connectivity index (χ1n) is 5.21. The van der Waals surface area contributed by atoms with Gasteiger partial charge in [-0.3, -0.25) is 0 Å². The van der Waals surface area contributed by atoms with Crippen molar-refractivity contribution in [2.75, 3.05) is 0 Å². The first-order chi connectivity index (χ1) is 6.68. The smallest absolute Gasteiger partial charge is 0.123 e. The van der Waals surface area contributed by atoms with Gasteiger partial charge in [0.15, 0.2) is 0 Å². The number of hydrogen-bond donors (Lipinski definition) is 1. The maximum Gasteiger partial charge on any atom is 0.123 e. The highest BCUT2D eigenvalue weighted by molar-refractivity contribution is 5.16. The number of hydrogen-bond acceptors (Lipinski definition) is 1. The molecule has 0 heterocycles. The van der Waals surface area contributed by atoms with Crippen molar-refractivity contribution in [1.29, 1.82) is 0 Å². The lowest BCUT2D eigenvalue weighted by atomic mass is 10.0. The van der Waals surface area contributed by atoms with Crippen molar-refractivity contribution in [1.82, 2.24) is 0 Å².